The van der Waals surface area contributed by atoms with Crippen molar-refractivity contribution in [2.45, 2.75) is 26.1 Å². The fourth-order valence-corrected chi connectivity index (χ4v) is 3.34. The maximum absolute atomic E-state index is 12.9. The predicted molar refractivity (Wildman–Crippen MR) is 104 cm³/mol. The SMILES string of the molecule is Cc1cc(Nc2cc(C(F)(F)F)ccn2)nc(-c2cnn(CC3CNC(=O)C3)c2)c1. The molecule has 1 atom stereocenters. The summed E-state index contributed by atoms with van der Waals surface area (Å²) >= 11 is 0. The number of amides is 1. The van der Waals surface area contributed by atoms with E-state index in [9.17, 15) is 18.0 Å². The first-order valence-electron chi connectivity index (χ1n) is 9.35. The number of rotatable bonds is 5. The van der Waals surface area contributed by atoms with E-state index in [0.29, 0.717) is 31.0 Å². The molecule has 0 bridgehead atoms. The molecule has 1 amide bonds. The van der Waals surface area contributed by atoms with E-state index in [2.05, 4.69) is 25.7 Å². The Labute approximate surface area is 170 Å². The Morgan fingerprint density at radius 3 is 2.83 bits per heavy atom. The second kappa shape index (κ2) is 7.77. The first-order valence-corrected chi connectivity index (χ1v) is 9.35. The highest BCUT2D eigenvalue weighted by atomic mass is 19.4. The van der Waals surface area contributed by atoms with Crippen LogP contribution < -0.4 is 10.6 Å². The highest BCUT2D eigenvalue weighted by Crippen LogP contribution is 2.31. The van der Waals surface area contributed by atoms with Crippen LogP contribution in [0.1, 0.15) is 17.5 Å². The van der Waals surface area contributed by atoms with Gasteiger partial charge in [-0.1, -0.05) is 0 Å². The highest BCUT2D eigenvalue weighted by molar-refractivity contribution is 5.78. The Kier molecular flexibility index (Phi) is 5.15. The molecule has 30 heavy (non-hydrogen) atoms. The van der Waals surface area contributed by atoms with E-state index in [1.807, 2.05) is 19.2 Å². The Morgan fingerprint density at radius 1 is 1.27 bits per heavy atom. The van der Waals surface area contributed by atoms with Crippen molar-refractivity contribution in [3.8, 4) is 11.3 Å². The topological polar surface area (TPSA) is 84.7 Å². The smallest absolute Gasteiger partial charge is 0.356 e. The summed E-state index contributed by atoms with van der Waals surface area (Å²) in [6.07, 6.45) is 0.665. The summed E-state index contributed by atoms with van der Waals surface area (Å²) in [6, 6.07) is 5.46. The van der Waals surface area contributed by atoms with Crippen LogP contribution >= 0.6 is 0 Å². The monoisotopic (exact) mass is 416 g/mol. The lowest BCUT2D eigenvalue weighted by molar-refractivity contribution is -0.137. The zero-order valence-electron chi connectivity index (χ0n) is 16.1. The van der Waals surface area contributed by atoms with E-state index in [0.717, 1.165) is 29.5 Å². The molecule has 0 radical (unpaired) electrons. The van der Waals surface area contributed by atoms with Crippen molar-refractivity contribution >= 4 is 17.5 Å². The fourth-order valence-electron chi connectivity index (χ4n) is 3.34. The van der Waals surface area contributed by atoms with Crippen LogP contribution in [-0.4, -0.2) is 32.2 Å². The van der Waals surface area contributed by atoms with Gasteiger partial charge in [-0.3, -0.25) is 9.48 Å². The van der Waals surface area contributed by atoms with Crippen LogP contribution in [-0.2, 0) is 17.5 Å². The number of hydrogen-bond acceptors (Lipinski definition) is 5. The van der Waals surface area contributed by atoms with Gasteiger partial charge in [0, 0.05) is 43.4 Å². The van der Waals surface area contributed by atoms with Crippen LogP contribution in [0, 0.1) is 12.8 Å². The van der Waals surface area contributed by atoms with Gasteiger partial charge < -0.3 is 10.6 Å². The summed E-state index contributed by atoms with van der Waals surface area (Å²) in [4.78, 5) is 19.8. The zero-order valence-corrected chi connectivity index (χ0v) is 16.1. The van der Waals surface area contributed by atoms with Crippen molar-refractivity contribution in [3.05, 3.63) is 54.0 Å². The molecule has 4 heterocycles. The Hall–Kier alpha value is -3.43. The maximum Gasteiger partial charge on any atom is 0.416 e. The van der Waals surface area contributed by atoms with E-state index in [4.69, 9.17) is 0 Å². The molecular formula is C20H19F3N6O. The summed E-state index contributed by atoms with van der Waals surface area (Å²) in [5.41, 5.74) is 1.51. The fraction of sp³-hybridized carbons (Fsp3) is 0.300. The third-order valence-corrected chi connectivity index (χ3v) is 4.75. The summed E-state index contributed by atoms with van der Waals surface area (Å²) in [5, 5.41) is 9.99. The van der Waals surface area contributed by atoms with Crippen molar-refractivity contribution in [3.63, 3.8) is 0 Å². The van der Waals surface area contributed by atoms with Gasteiger partial charge in [-0.15, -0.1) is 0 Å². The summed E-state index contributed by atoms with van der Waals surface area (Å²) < 4.78 is 40.5. The molecule has 3 aromatic heterocycles. The molecule has 0 spiro atoms. The second-order valence-corrected chi connectivity index (χ2v) is 7.29. The first-order chi connectivity index (χ1) is 14.3. The van der Waals surface area contributed by atoms with Crippen molar-refractivity contribution < 1.29 is 18.0 Å². The van der Waals surface area contributed by atoms with Crippen LogP contribution in [0.25, 0.3) is 11.3 Å². The minimum Gasteiger partial charge on any atom is -0.356 e. The van der Waals surface area contributed by atoms with Gasteiger partial charge in [-0.05, 0) is 36.8 Å². The number of carbonyl (C=O) groups is 1. The van der Waals surface area contributed by atoms with Gasteiger partial charge in [0.1, 0.15) is 11.6 Å². The second-order valence-electron chi connectivity index (χ2n) is 7.29. The quantitative estimate of drug-likeness (QED) is 0.665. The van der Waals surface area contributed by atoms with Crippen LogP contribution in [0.3, 0.4) is 0 Å². The van der Waals surface area contributed by atoms with Gasteiger partial charge >= 0.3 is 6.18 Å². The molecule has 1 saturated heterocycles. The molecule has 10 heteroatoms. The number of nitrogens with zero attached hydrogens (tertiary/aromatic N) is 4. The van der Waals surface area contributed by atoms with Gasteiger partial charge in [-0.2, -0.15) is 18.3 Å². The standard InChI is InChI=1S/C20H19F3N6O/c1-12-4-16(14-9-26-29(11-14)10-13-6-19(30)25-8-13)27-18(5-12)28-17-7-15(2-3-24-17)20(21,22)23/h2-5,7,9,11,13H,6,8,10H2,1H3,(H,25,30)(H,24,27,28). The minimum absolute atomic E-state index is 0.0478. The van der Waals surface area contributed by atoms with E-state index < -0.39 is 11.7 Å². The number of nitrogens with one attached hydrogen (secondary N) is 2. The number of halogens is 3. The number of anilines is 2. The predicted octanol–water partition coefficient (Wildman–Crippen LogP) is 3.55. The Bertz CT molecular complexity index is 1080. The van der Waals surface area contributed by atoms with Crippen molar-refractivity contribution in [2.75, 3.05) is 11.9 Å². The third-order valence-electron chi connectivity index (χ3n) is 4.75. The van der Waals surface area contributed by atoms with Crippen LogP contribution in [0.4, 0.5) is 24.8 Å². The summed E-state index contributed by atoms with van der Waals surface area (Å²) in [6.45, 7) is 3.12. The van der Waals surface area contributed by atoms with Gasteiger partial charge in [0.25, 0.3) is 0 Å². The van der Waals surface area contributed by atoms with Gasteiger partial charge in [0.15, 0.2) is 0 Å². The molecule has 4 rings (SSSR count). The zero-order chi connectivity index (χ0) is 21.3. The summed E-state index contributed by atoms with van der Waals surface area (Å²) in [7, 11) is 0. The van der Waals surface area contributed by atoms with E-state index >= 15 is 0 Å². The lowest BCUT2D eigenvalue weighted by Gasteiger charge is -2.11. The molecule has 1 aliphatic heterocycles. The van der Waals surface area contributed by atoms with Crippen molar-refractivity contribution in [1.82, 2.24) is 25.1 Å². The highest BCUT2D eigenvalue weighted by Gasteiger charge is 2.30. The summed E-state index contributed by atoms with van der Waals surface area (Å²) in [5.74, 6) is 0.685. The van der Waals surface area contributed by atoms with Crippen LogP contribution in [0.15, 0.2) is 42.9 Å². The molecule has 0 aliphatic carbocycles. The van der Waals surface area contributed by atoms with Crippen molar-refractivity contribution in [2.24, 2.45) is 5.92 Å². The molecule has 1 aliphatic rings. The number of pyridine rings is 2. The molecule has 0 saturated carbocycles. The van der Waals surface area contributed by atoms with Crippen molar-refractivity contribution in [1.29, 1.82) is 0 Å². The Balaban J connectivity index is 1.53. The van der Waals surface area contributed by atoms with E-state index in [1.165, 1.54) is 0 Å². The molecule has 156 valence electrons. The van der Waals surface area contributed by atoms with Crippen LogP contribution in [0.2, 0.25) is 0 Å². The van der Waals surface area contributed by atoms with Gasteiger partial charge in [0.2, 0.25) is 5.91 Å². The number of carbonyl (C=O) groups excluding carboxylic acids is 1. The van der Waals surface area contributed by atoms with Gasteiger partial charge in [0.05, 0.1) is 17.5 Å². The normalized spacial score (nSPS) is 16.5. The molecular weight excluding hydrogens is 397 g/mol. The van der Waals surface area contributed by atoms with Gasteiger partial charge in [-0.25, -0.2) is 9.97 Å². The van der Waals surface area contributed by atoms with E-state index in [-0.39, 0.29) is 17.6 Å². The molecule has 3 aromatic rings. The lowest BCUT2D eigenvalue weighted by Crippen LogP contribution is -2.16. The maximum atomic E-state index is 12.9. The number of alkyl halides is 3. The number of aromatic nitrogens is 4. The third kappa shape index (κ3) is 4.58. The average Bonchev–Trinajstić information content (AvgIpc) is 3.30. The molecule has 2 N–H and O–H groups in total. The van der Waals surface area contributed by atoms with Crippen LogP contribution in [0.5, 0.6) is 0 Å². The molecule has 0 aromatic carbocycles. The molecule has 7 nitrogen and oxygen atoms in total. The lowest BCUT2D eigenvalue weighted by atomic mass is 10.1. The largest absolute Gasteiger partial charge is 0.416 e. The number of aryl methyl sites for hydroxylation is 1. The molecule has 1 fully saturated rings. The first kappa shape index (κ1) is 19.9. The number of hydrogen-bond donors (Lipinski definition) is 2. The average molecular weight is 416 g/mol. The minimum atomic E-state index is -4.45. The molecule has 1 unspecified atom stereocenters. The van der Waals surface area contributed by atoms with E-state index in [1.54, 1.807) is 16.9 Å². The Morgan fingerprint density at radius 2 is 2.10 bits per heavy atom.